The lowest BCUT2D eigenvalue weighted by atomic mass is 10.0. The molecule has 27 heavy (non-hydrogen) atoms. The maximum Gasteiger partial charge on any atom is 0.407 e. The van der Waals surface area contributed by atoms with Gasteiger partial charge in [-0.2, -0.15) is 0 Å². The molecule has 2 rings (SSSR count). The number of piperidine rings is 1. The molecule has 1 aromatic carbocycles. The highest BCUT2D eigenvalue weighted by molar-refractivity contribution is 5.87. The van der Waals surface area contributed by atoms with Crippen LogP contribution < -0.4 is 10.2 Å². The second-order valence-electron chi connectivity index (χ2n) is 7.58. The van der Waals surface area contributed by atoms with Crippen molar-refractivity contribution in [3.63, 3.8) is 0 Å². The lowest BCUT2D eigenvalue weighted by Crippen LogP contribution is -2.46. The van der Waals surface area contributed by atoms with Crippen molar-refractivity contribution in [3.8, 4) is 0 Å². The van der Waals surface area contributed by atoms with Crippen LogP contribution >= 0.6 is 0 Å². The van der Waals surface area contributed by atoms with E-state index in [1.165, 1.54) is 6.08 Å². The maximum atomic E-state index is 11.9. The number of nitrogens with one attached hydrogen (secondary N) is 1. The van der Waals surface area contributed by atoms with Crippen molar-refractivity contribution in [2.45, 2.75) is 52.2 Å². The fourth-order valence-electron chi connectivity index (χ4n) is 2.91. The van der Waals surface area contributed by atoms with Crippen LogP contribution in [0.5, 0.6) is 0 Å². The van der Waals surface area contributed by atoms with Gasteiger partial charge in [0.2, 0.25) is 0 Å². The number of benzene rings is 1. The first-order valence-electron chi connectivity index (χ1n) is 9.46. The highest BCUT2D eigenvalue weighted by Crippen LogP contribution is 2.21. The molecule has 1 aliphatic rings. The van der Waals surface area contributed by atoms with Crippen LogP contribution in [0.3, 0.4) is 0 Å². The molecule has 6 heteroatoms. The number of hydrogen-bond donors (Lipinski definition) is 1. The first kappa shape index (κ1) is 20.8. The van der Waals surface area contributed by atoms with E-state index >= 15 is 0 Å². The number of carbonyl (C=O) groups excluding carboxylic acids is 2. The standard InChI is InChI=1S/C21H30N2O4/c1-5-26-19(24)11-8-16-6-9-18(10-7-16)23-14-12-17(13-15-23)22-20(25)27-21(2,3)4/h6-11,17H,5,12-15H2,1-4H3,(H,22,25)/b11-8+. The fraction of sp³-hybridized carbons (Fsp3) is 0.524. The van der Waals surface area contributed by atoms with Crippen molar-refractivity contribution in [1.29, 1.82) is 0 Å². The average molecular weight is 374 g/mol. The molecule has 1 heterocycles. The molecule has 1 N–H and O–H groups in total. The van der Waals surface area contributed by atoms with Gasteiger partial charge in [0.15, 0.2) is 0 Å². The quantitative estimate of drug-likeness (QED) is 0.628. The van der Waals surface area contributed by atoms with Gasteiger partial charge >= 0.3 is 12.1 Å². The van der Waals surface area contributed by atoms with Gasteiger partial charge in [0, 0.05) is 30.9 Å². The summed E-state index contributed by atoms with van der Waals surface area (Å²) in [5.41, 5.74) is 1.61. The van der Waals surface area contributed by atoms with Gasteiger partial charge in [0.25, 0.3) is 0 Å². The number of rotatable bonds is 5. The summed E-state index contributed by atoms with van der Waals surface area (Å²) in [7, 11) is 0. The molecule has 1 fully saturated rings. The number of ether oxygens (including phenoxy) is 2. The third-order valence-electron chi connectivity index (χ3n) is 4.17. The largest absolute Gasteiger partial charge is 0.463 e. The maximum absolute atomic E-state index is 11.9. The number of amides is 1. The fourth-order valence-corrected chi connectivity index (χ4v) is 2.91. The third kappa shape index (κ3) is 7.33. The number of hydrogen-bond acceptors (Lipinski definition) is 5. The summed E-state index contributed by atoms with van der Waals surface area (Å²) in [6.07, 6.45) is 4.59. The van der Waals surface area contributed by atoms with E-state index in [-0.39, 0.29) is 18.1 Å². The molecule has 148 valence electrons. The topological polar surface area (TPSA) is 67.9 Å². The van der Waals surface area contributed by atoms with Crippen LogP contribution in [-0.2, 0) is 14.3 Å². The van der Waals surface area contributed by atoms with Crippen LogP contribution in [0.15, 0.2) is 30.3 Å². The summed E-state index contributed by atoms with van der Waals surface area (Å²) >= 11 is 0. The van der Waals surface area contributed by atoms with Crippen LogP contribution in [0.2, 0.25) is 0 Å². The molecule has 0 spiro atoms. The summed E-state index contributed by atoms with van der Waals surface area (Å²) in [5, 5.41) is 2.95. The average Bonchev–Trinajstić information content (AvgIpc) is 2.60. The molecular weight excluding hydrogens is 344 g/mol. The van der Waals surface area contributed by atoms with E-state index in [1.807, 2.05) is 45.0 Å². The Morgan fingerprint density at radius 1 is 1.19 bits per heavy atom. The second kappa shape index (κ2) is 9.44. The summed E-state index contributed by atoms with van der Waals surface area (Å²) in [4.78, 5) is 25.5. The van der Waals surface area contributed by atoms with Crippen molar-refractivity contribution in [2.24, 2.45) is 0 Å². The van der Waals surface area contributed by atoms with E-state index < -0.39 is 5.60 Å². The zero-order valence-corrected chi connectivity index (χ0v) is 16.7. The molecule has 1 aliphatic heterocycles. The van der Waals surface area contributed by atoms with E-state index in [4.69, 9.17) is 9.47 Å². The van der Waals surface area contributed by atoms with Crippen LogP contribution in [0.4, 0.5) is 10.5 Å². The first-order valence-corrected chi connectivity index (χ1v) is 9.46. The van der Waals surface area contributed by atoms with Gasteiger partial charge in [-0.05, 0) is 64.3 Å². The van der Waals surface area contributed by atoms with Crippen LogP contribution in [0.25, 0.3) is 6.08 Å². The minimum Gasteiger partial charge on any atom is -0.463 e. The van der Waals surface area contributed by atoms with Gasteiger partial charge < -0.3 is 19.7 Å². The van der Waals surface area contributed by atoms with Gasteiger partial charge in [-0.1, -0.05) is 12.1 Å². The van der Waals surface area contributed by atoms with Crippen LogP contribution in [0.1, 0.15) is 46.1 Å². The Morgan fingerprint density at radius 2 is 1.81 bits per heavy atom. The number of anilines is 1. The minimum atomic E-state index is -0.478. The van der Waals surface area contributed by atoms with Gasteiger partial charge in [0.05, 0.1) is 6.61 Å². The Labute approximate surface area is 161 Å². The third-order valence-corrected chi connectivity index (χ3v) is 4.17. The predicted molar refractivity (Wildman–Crippen MR) is 107 cm³/mol. The van der Waals surface area contributed by atoms with Crippen molar-refractivity contribution in [2.75, 3.05) is 24.6 Å². The number of alkyl carbamates (subject to hydrolysis) is 1. The normalized spacial score (nSPS) is 15.6. The molecule has 0 radical (unpaired) electrons. The van der Waals surface area contributed by atoms with Crippen molar-refractivity contribution in [1.82, 2.24) is 5.32 Å². The zero-order chi connectivity index (χ0) is 19.9. The predicted octanol–water partition coefficient (Wildman–Crippen LogP) is 3.76. The number of esters is 1. The number of carbonyl (C=O) groups is 2. The molecule has 1 saturated heterocycles. The molecule has 1 amide bonds. The molecule has 0 unspecified atom stereocenters. The van der Waals surface area contributed by atoms with Crippen LogP contribution in [0, 0.1) is 0 Å². The van der Waals surface area contributed by atoms with Crippen molar-refractivity contribution >= 4 is 23.8 Å². The minimum absolute atomic E-state index is 0.142. The van der Waals surface area contributed by atoms with Crippen LogP contribution in [-0.4, -0.2) is 43.4 Å². The Morgan fingerprint density at radius 3 is 2.37 bits per heavy atom. The zero-order valence-electron chi connectivity index (χ0n) is 16.7. The molecule has 0 saturated carbocycles. The van der Waals surface area contributed by atoms with E-state index in [2.05, 4.69) is 10.2 Å². The molecule has 0 bridgehead atoms. The van der Waals surface area contributed by atoms with E-state index in [1.54, 1.807) is 13.0 Å². The molecule has 0 aromatic heterocycles. The lowest BCUT2D eigenvalue weighted by Gasteiger charge is -2.34. The SMILES string of the molecule is CCOC(=O)/C=C/c1ccc(N2CCC(NC(=O)OC(C)(C)C)CC2)cc1. The van der Waals surface area contributed by atoms with Crippen molar-refractivity contribution in [3.05, 3.63) is 35.9 Å². The summed E-state index contributed by atoms with van der Waals surface area (Å²) in [5.74, 6) is -0.332. The summed E-state index contributed by atoms with van der Waals surface area (Å²) in [6.45, 7) is 9.49. The molecule has 0 atom stereocenters. The lowest BCUT2D eigenvalue weighted by molar-refractivity contribution is -0.137. The molecule has 6 nitrogen and oxygen atoms in total. The summed E-state index contributed by atoms with van der Waals surface area (Å²) < 4.78 is 10.2. The Balaban J connectivity index is 1.82. The van der Waals surface area contributed by atoms with Crippen molar-refractivity contribution < 1.29 is 19.1 Å². The Bertz CT molecular complexity index is 654. The van der Waals surface area contributed by atoms with E-state index in [9.17, 15) is 9.59 Å². The summed E-state index contributed by atoms with van der Waals surface area (Å²) in [6, 6.07) is 8.20. The van der Waals surface area contributed by atoms with E-state index in [0.29, 0.717) is 6.61 Å². The van der Waals surface area contributed by atoms with Gasteiger partial charge in [-0.25, -0.2) is 9.59 Å². The van der Waals surface area contributed by atoms with Gasteiger partial charge in [0.1, 0.15) is 5.60 Å². The smallest absolute Gasteiger partial charge is 0.407 e. The molecule has 0 aliphatic carbocycles. The monoisotopic (exact) mass is 374 g/mol. The molecule has 1 aromatic rings. The number of nitrogens with zero attached hydrogens (tertiary/aromatic N) is 1. The second-order valence-corrected chi connectivity index (χ2v) is 7.58. The highest BCUT2D eigenvalue weighted by atomic mass is 16.6. The highest BCUT2D eigenvalue weighted by Gasteiger charge is 2.23. The van der Waals surface area contributed by atoms with Gasteiger partial charge in [-0.3, -0.25) is 0 Å². The van der Waals surface area contributed by atoms with E-state index in [0.717, 1.165) is 37.2 Å². The Hall–Kier alpha value is -2.50. The first-order chi connectivity index (χ1) is 12.8. The van der Waals surface area contributed by atoms with Gasteiger partial charge in [-0.15, -0.1) is 0 Å². The molecular formula is C21H30N2O4. The Kier molecular flexibility index (Phi) is 7.28.